The van der Waals surface area contributed by atoms with Gasteiger partial charge in [-0.3, -0.25) is 4.99 Å². The zero-order valence-corrected chi connectivity index (χ0v) is 7.88. The number of thiocarbonyl (C=S) groups is 1. The average Bonchev–Trinajstić information content (AvgIpc) is 2.17. The van der Waals surface area contributed by atoms with Gasteiger partial charge in [-0.05, 0) is 12.1 Å². The Hall–Kier alpha value is -1.42. The van der Waals surface area contributed by atoms with Crippen LogP contribution in [0.4, 0.5) is 0 Å². The van der Waals surface area contributed by atoms with Crippen molar-refractivity contribution < 1.29 is 0 Å². The van der Waals surface area contributed by atoms with Gasteiger partial charge >= 0.3 is 0 Å². The molecular formula is C9H7N3S. The molecule has 0 saturated heterocycles. The number of nitrogens with zero attached hydrogens (tertiary/aromatic N) is 3. The molecule has 0 radical (unpaired) electrons. The zero-order valence-electron chi connectivity index (χ0n) is 7.06. The molecule has 4 heteroatoms. The van der Waals surface area contributed by atoms with Crippen LogP contribution in [0.5, 0.6) is 0 Å². The summed E-state index contributed by atoms with van der Waals surface area (Å²) in [6.07, 6.45) is 0. The summed E-state index contributed by atoms with van der Waals surface area (Å²) in [6, 6.07) is 7.61. The first kappa shape index (κ1) is 8.19. The van der Waals surface area contributed by atoms with Crippen molar-refractivity contribution in [2.24, 2.45) is 15.0 Å². The second-order valence-electron chi connectivity index (χ2n) is 2.56. The number of amidine groups is 1. The van der Waals surface area contributed by atoms with Crippen LogP contribution < -0.4 is 10.7 Å². The van der Waals surface area contributed by atoms with Gasteiger partial charge in [-0.2, -0.15) is 0 Å². The quantitative estimate of drug-likeness (QED) is 0.541. The van der Waals surface area contributed by atoms with E-state index in [0.717, 1.165) is 10.7 Å². The first-order chi connectivity index (χ1) is 6.31. The Morgan fingerprint density at radius 2 is 1.77 bits per heavy atom. The lowest BCUT2D eigenvalue weighted by Gasteiger charge is -2.01. The van der Waals surface area contributed by atoms with Gasteiger partial charge in [-0.25, -0.2) is 9.98 Å². The first-order valence-corrected chi connectivity index (χ1v) is 4.25. The van der Waals surface area contributed by atoms with Crippen molar-refractivity contribution in [1.29, 1.82) is 0 Å². The standard InChI is InChI=1S/C9H7N3S/c1-10-8-9(13)12-7-5-3-2-4-6(7)11-8/h2-5H,1H3. The fourth-order valence-corrected chi connectivity index (χ4v) is 1.36. The highest BCUT2D eigenvalue weighted by atomic mass is 32.1. The van der Waals surface area contributed by atoms with E-state index in [1.165, 1.54) is 0 Å². The molecule has 0 saturated carbocycles. The van der Waals surface area contributed by atoms with Crippen molar-refractivity contribution in [3.63, 3.8) is 0 Å². The number of rotatable bonds is 0. The Morgan fingerprint density at radius 3 is 2.38 bits per heavy atom. The van der Waals surface area contributed by atoms with Crippen molar-refractivity contribution >= 4 is 23.0 Å². The van der Waals surface area contributed by atoms with Crippen LogP contribution in [0.25, 0.3) is 0 Å². The third-order valence-electron chi connectivity index (χ3n) is 1.73. The second kappa shape index (κ2) is 3.14. The lowest BCUT2D eigenvalue weighted by atomic mass is 10.3. The van der Waals surface area contributed by atoms with E-state index in [-0.39, 0.29) is 0 Å². The highest BCUT2D eigenvalue weighted by molar-refractivity contribution is 7.82. The van der Waals surface area contributed by atoms with Crippen LogP contribution in [0, 0.1) is 0 Å². The molecule has 2 rings (SSSR count). The molecule has 1 aliphatic heterocycles. The molecule has 3 nitrogen and oxygen atoms in total. The van der Waals surface area contributed by atoms with E-state index in [0.29, 0.717) is 10.8 Å². The van der Waals surface area contributed by atoms with Crippen LogP contribution in [-0.2, 0) is 0 Å². The Bertz CT molecular complexity index is 502. The molecule has 1 aromatic carbocycles. The molecule has 0 aromatic heterocycles. The molecule has 0 unspecified atom stereocenters. The summed E-state index contributed by atoms with van der Waals surface area (Å²) in [5, 5.41) is 1.65. The third-order valence-corrected chi connectivity index (χ3v) is 2.01. The molecule has 13 heavy (non-hydrogen) atoms. The van der Waals surface area contributed by atoms with Gasteiger partial charge in [0.25, 0.3) is 0 Å². The molecule has 0 N–H and O–H groups in total. The van der Waals surface area contributed by atoms with Crippen molar-refractivity contribution in [2.45, 2.75) is 0 Å². The summed E-state index contributed by atoms with van der Waals surface area (Å²) in [5.41, 5.74) is 0. The predicted molar refractivity (Wildman–Crippen MR) is 54.7 cm³/mol. The molecule has 0 amide bonds. The molecular weight excluding hydrogens is 182 g/mol. The number of hydrogen-bond donors (Lipinski definition) is 0. The molecule has 0 fully saturated rings. The first-order valence-electron chi connectivity index (χ1n) is 3.85. The largest absolute Gasteiger partial charge is 0.268 e. The minimum Gasteiger partial charge on any atom is -0.268 e. The topological polar surface area (TPSA) is 37.1 Å². The SMILES string of the molecule is CN=C1N=c2ccccc2=NC1=S. The van der Waals surface area contributed by atoms with E-state index in [9.17, 15) is 0 Å². The predicted octanol–water partition coefficient (Wildman–Crippen LogP) is 0.295. The van der Waals surface area contributed by atoms with E-state index in [1.807, 2.05) is 24.3 Å². The van der Waals surface area contributed by atoms with Gasteiger partial charge in [-0.15, -0.1) is 0 Å². The average molecular weight is 189 g/mol. The fraction of sp³-hybridized carbons (Fsp3) is 0.111. The van der Waals surface area contributed by atoms with E-state index in [1.54, 1.807) is 7.05 Å². The summed E-state index contributed by atoms with van der Waals surface area (Å²) in [5.74, 6) is 0.536. The van der Waals surface area contributed by atoms with Crippen molar-refractivity contribution in [1.82, 2.24) is 0 Å². The summed E-state index contributed by atoms with van der Waals surface area (Å²) < 4.78 is 0. The van der Waals surface area contributed by atoms with Crippen LogP contribution >= 0.6 is 12.2 Å². The van der Waals surface area contributed by atoms with Gasteiger partial charge in [0, 0.05) is 7.05 Å². The highest BCUT2D eigenvalue weighted by Crippen LogP contribution is 1.90. The van der Waals surface area contributed by atoms with E-state index < -0.39 is 0 Å². The van der Waals surface area contributed by atoms with Crippen LogP contribution in [0.1, 0.15) is 0 Å². The summed E-state index contributed by atoms with van der Waals surface area (Å²) in [7, 11) is 1.66. The Kier molecular flexibility index (Phi) is 1.98. The van der Waals surface area contributed by atoms with Gasteiger partial charge in [0.05, 0.1) is 10.7 Å². The summed E-state index contributed by atoms with van der Waals surface area (Å²) in [6.45, 7) is 0. The molecule has 64 valence electrons. The zero-order chi connectivity index (χ0) is 9.26. The van der Waals surface area contributed by atoms with Crippen LogP contribution in [0.15, 0.2) is 39.2 Å². The summed E-state index contributed by atoms with van der Waals surface area (Å²) in [4.78, 5) is 12.9. The van der Waals surface area contributed by atoms with Crippen LogP contribution in [0.2, 0.25) is 0 Å². The number of fused-ring (bicyclic) bond motifs is 1. The van der Waals surface area contributed by atoms with Crippen molar-refractivity contribution in [3.05, 3.63) is 35.0 Å². The van der Waals surface area contributed by atoms with Gasteiger partial charge < -0.3 is 0 Å². The van der Waals surface area contributed by atoms with Gasteiger partial charge in [0.2, 0.25) is 0 Å². The maximum atomic E-state index is 5.01. The van der Waals surface area contributed by atoms with E-state index in [2.05, 4.69) is 15.0 Å². The Labute approximate surface area is 80.6 Å². The van der Waals surface area contributed by atoms with Crippen molar-refractivity contribution in [3.8, 4) is 0 Å². The molecule has 1 aromatic rings. The smallest absolute Gasteiger partial charge is 0.185 e. The normalized spacial score (nSPS) is 17.6. The van der Waals surface area contributed by atoms with Crippen LogP contribution in [-0.4, -0.2) is 17.9 Å². The maximum absolute atomic E-state index is 5.01. The summed E-state index contributed by atoms with van der Waals surface area (Å²) >= 11 is 5.01. The number of benzene rings is 1. The Morgan fingerprint density at radius 1 is 1.15 bits per heavy atom. The molecule has 1 heterocycles. The van der Waals surface area contributed by atoms with Crippen LogP contribution in [0.3, 0.4) is 0 Å². The minimum absolute atomic E-state index is 0.459. The second-order valence-corrected chi connectivity index (χ2v) is 2.95. The maximum Gasteiger partial charge on any atom is 0.185 e. The molecule has 0 bridgehead atoms. The molecule has 0 spiro atoms. The molecule has 0 aliphatic carbocycles. The van der Waals surface area contributed by atoms with Gasteiger partial charge in [-0.1, -0.05) is 24.4 Å². The number of para-hydroxylation sites is 2. The van der Waals surface area contributed by atoms with E-state index >= 15 is 0 Å². The van der Waals surface area contributed by atoms with Crippen molar-refractivity contribution in [2.75, 3.05) is 7.05 Å². The number of aliphatic imine (C=N–C) groups is 1. The highest BCUT2D eigenvalue weighted by Gasteiger charge is 2.06. The molecule has 1 aliphatic rings. The minimum atomic E-state index is 0.459. The number of hydrogen-bond acceptors (Lipinski definition) is 2. The molecule has 0 atom stereocenters. The lowest BCUT2D eigenvalue weighted by molar-refractivity contribution is 1.23. The lowest BCUT2D eigenvalue weighted by Crippen LogP contribution is -2.33. The Balaban J connectivity index is 2.81. The third kappa shape index (κ3) is 1.40. The van der Waals surface area contributed by atoms with E-state index in [4.69, 9.17) is 12.2 Å². The van der Waals surface area contributed by atoms with Gasteiger partial charge in [0.1, 0.15) is 0 Å². The van der Waals surface area contributed by atoms with Gasteiger partial charge in [0.15, 0.2) is 10.8 Å². The fourth-order valence-electron chi connectivity index (χ4n) is 1.12. The monoisotopic (exact) mass is 189 g/mol.